The van der Waals surface area contributed by atoms with Crippen LogP contribution in [0.15, 0.2) is 24.3 Å². The zero-order valence-electron chi connectivity index (χ0n) is 9.35. The molecule has 0 spiro atoms. The first-order chi connectivity index (χ1) is 7.59. The van der Waals surface area contributed by atoms with Gasteiger partial charge in [-0.25, -0.2) is 9.51 Å². The molecule has 0 aliphatic heterocycles. The normalized spacial score (nSPS) is 12.6. The van der Waals surface area contributed by atoms with Crippen LogP contribution in [0, 0.1) is 0 Å². The quantitative estimate of drug-likeness (QED) is 0.578. The number of rotatable bonds is 3. The van der Waals surface area contributed by atoms with E-state index in [0.29, 0.717) is 6.07 Å². The van der Waals surface area contributed by atoms with Crippen molar-refractivity contribution >= 4 is 5.69 Å². The molecule has 0 heterocycles. The van der Waals surface area contributed by atoms with Crippen LogP contribution in [0.1, 0.15) is 19.4 Å². The molecule has 0 N–H and O–H groups in total. The summed E-state index contributed by atoms with van der Waals surface area (Å²) < 4.78 is 63.6. The van der Waals surface area contributed by atoms with Gasteiger partial charge in [0.25, 0.3) is 0 Å². The summed E-state index contributed by atoms with van der Waals surface area (Å²) in [6.45, 7) is 1.66. The van der Waals surface area contributed by atoms with Gasteiger partial charge in [0.05, 0.1) is 17.8 Å². The van der Waals surface area contributed by atoms with Crippen molar-refractivity contribution < 1.29 is 22.0 Å². The molecule has 0 fully saturated rings. The Morgan fingerprint density at radius 2 is 1.71 bits per heavy atom. The third-order valence-corrected chi connectivity index (χ3v) is 1.97. The third-order valence-electron chi connectivity index (χ3n) is 1.97. The lowest BCUT2D eigenvalue weighted by molar-refractivity contribution is -0.137. The predicted molar refractivity (Wildman–Crippen MR) is 55.1 cm³/mol. The summed E-state index contributed by atoms with van der Waals surface area (Å²) in [6.07, 6.45) is -4.54. The van der Waals surface area contributed by atoms with Gasteiger partial charge in [-0.2, -0.15) is 13.2 Å². The minimum Gasteiger partial charge on any atom is -0.242 e. The molecule has 0 radical (unpaired) electrons. The van der Waals surface area contributed by atoms with Gasteiger partial charge in [0.2, 0.25) is 0 Å². The van der Waals surface area contributed by atoms with Gasteiger partial charge in [0.1, 0.15) is 5.67 Å². The zero-order chi connectivity index (χ0) is 13.3. The molecule has 0 aliphatic carbocycles. The molecule has 0 saturated heterocycles. The maximum absolute atomic E-state index is 13.4. The molecule has 1 aromatic rings. The van der Waals surface area contributed by atoms with E-state index in [1.54, 1.807) is 0 Å². The lowest BCUT2D eigenvalue weighted by Gasteiger charge is -2.21. The van der Waals surface area contributed by atoms with E-state index in [1.807, 2.05) is 0 Å². The number of halogens is 5. The zero-order valence-corrected chi connectivity index (χ0v) is 9.35. The highest BCUT2D eigenvalue weighted by atomic mass is 19.4. The van der Waals surface area contributed by atoms with E-state index < -0.39 is 24.0 Å². The van der Waals surface area contributed by atoms with Crippen molar-refractivity contribution in [3.63, 3.8) is 0 Å². The molecule has 0 amide bonds. The molecule has 0 unspecified atom stereocenters. The minimum absolute atomic E-state index is 0.0325. The van der Waals surface area contributed by atoms with Crippen LogP contribution in [0.5, 0.6) is 0 Å². The molecule has 17 heavy (non-hydrogen) atoms. The van der Waals surface area contributed by atoms with E-state index in [-0.39, 0.29) is 10.8 Å². The number of hydrogen-bond acceptors (Lipinski definition) is 1. The molecule has 0 saturated carbocycles. The van der Waals surface area contributed by atoms with E-state index in [9.17, 15) is 22.0 Å². The van der Waals surface area contributed by atoms with E-state index in [1.165, 1.54) is 0 Å². The van der Waals surface area contributed by atoms with Crippen LogP contribution in [0.3, 0.4) is 0 Å². The monoisotopic (exact) mass is 253 g/mol. The lowest BCUT2D eigenvalue weighted by Crippen LogP contribution is -2.30. The van der Waals surface area contributed by atoms with Crippen LogP contribution in [-0.4, -0.2) is 12.2 Å². The second-order valence-electron chi connectivity index (χ2n) is 4.29. The summed E-state index contributed by atoms with van der Waals surface area (Å²) in [4.78, 5) is 0. The van der Waals surface area contributed by atoms with Crippen molar-refractivity contribution in [2.45, 2.75) is 25.7 Å². The summed E-state index contributed by atoms with van der Waals surface area (Å²) in [7, 11) is 0. The van der Waals surface area contributed by atoms with E-state index in [4.69, 9.17) is 0 Å². The van der Waals surface area contributed by atoms with Crippen molar-refractivity contribution in [2.75, 3.05) is 11.7 Å². The molecule has 96 valence electrons. The molecular formula is C11H12F5N. The fourth-order valence-corrected chi connectivity index (χ4v) is 1.25. The topological polar surface area (TPSA) is 3.24 Å². The second-order valence-corrected chi connectivity index (χ2v) is 4.29. The third kappa shape index (κ3) is 4.20. The Balaban J connectivity index is 2.92. The van der Waals surface area contributed by atoms with Gasteiger partial charge in [-0.05, 0) is 32.0 Å². The summed E-state index contributed by atoms with van der Waals surface area (Å²) in [5.74, 6) is 0. The molecule has 1 aromatic carbocycles. The summed E-state index contributed by atoms with van der Waals surface area (Å²) in [6, 6.07) is 3.71. The van der Waals surface area contributed by atoms with E-state index >= 15 is 0 Å². The largest absolute Gasteiger partial charge is 0.416 e. The Morgan fingerprint density at radius 3 is 2.18 bits per heavy atom. The second kappa shape index (κ2) is 4.50. The molecule has 0 aromatic heterocycles. The molecule has 0 aliphatic rings. The highest BCUT2D eigenvalue weighted by Gasteiger charge is 2.31. The van der Waals surface area contributed by atoms with Crippen molar-refractivity contribution in [2.24, 2.45) is 0 Å². The van der Waals surface area contributed by atoms with E-state index in [0.717, 1.165) is 32.0 Å². The van der Waals surface area contributed by atoms with Crippen molar-refractivity contribution in [3.05, 3.63) is 29.8 Å². The van der Waals surface area contributed by atoms with Crippen LogP contribution in [0.2, 0.25) is 0 Å². The Labute approximate surface area is 95.8 Å². The van der Waals surface area contributed by atoms with E-state index in [2.05, 4.69) is 0 Å². The number of anilines is 1. The van der Waals surface area contributed by atoms with Gasteiger partial charge in [-0.15, -0.1) is 0 Å². The van der Waals surface area contributed by atoms with Crippen LogP contribution >= 0.6 is 0 Å². The van der Waals surface area contributed by atoms with Crippen molar-refractivity contribution in [3.8, 4) is 0 Å². The van der Waals surface area contributed by atoms with Crippen LogP contribution in [0.25, 0.3) is 0 Å². The Bertz CT molecular complexity index is 380. The number of alkyl halides is 4. The predicted octanol–water partition coefficient (Wildman–Crippen LogP) is 4.14. The Kier molecular flexibility index (Phi) is 3.64. The maximum atomic E-state index is 13.4. The van der Waals surface area contributed by atoms with Gasteiger partial charge in [0.15, 0.2) is 0 Å². The van der Waals surface area contributed by atoms with Crippen LogP contribution in [0.4, 0.5) is 27.7 Å². The number of hydrogen-bond donors (Lipinski definition) is 0. The van der Waals surface area contributed by atoms with Gasteiger partial charge in [-0.3, -0.25) is 0 Å². The van der Waals surface area contributed by atoms with Gasteiger partial charge in [0, 0.05) is 0 Å². The molecule has 1 rings (SSSR count). The molecule has 0 atom stereocenters. The number of nitrogens with zero attached hydrogens (tertiary/aromatic N) is 1. The van der Waals surface area contributed by atoms with Crippen LogP contribution < -0.4 is 5.12 Å². The molecular weight excluding hydrogens is 241 g/mol. The highest BCUT2D eigenvalue weighted by molar-refractivity contribution is 5.47. The first-order valence-corrected chi connectivity index (χ1v) is 4.89. The lowest BCUT2D eigenvalue weighted by atomic mass is 10.1. The average molecular weight is 253 g/mol. The van der Waals surface area contributed by atoms with Crippen molar-refractivity contribution in [1.82, 2.24) is 0 Å². The number of benzene rings is 1. The fraction of sp³-hybridized carbons (Fsp3) is 0.455. The summed E-state index contributed by atoms with van der Waals surface area (Å²) in [5.41, 5.74) is -3.11. The first kappa shape index (κ1) is 13.7. The Hall–Kier alpha value is -1.33. The maximum Gasteiger partial charge on any atom is 0.416 e. The highest BCUT2D eigenvalue weighted by Crippen LogP contribution is 2.32. The van der Waals surface area contributed by atoms with Gasteiger partial charge < -0.3 is 0 Å². The SMILES string of the molecule is CC(C)(F)CN(F)c1cccc(C(F)(F)F)c1. The Morgan fingerprint density at radius 1 is 1.12 bits per heavy atom. The smallest absolute Gasteiger partial charge is 0.242 e. The van der Waals surface area contributed by atoms with Gasteiger partial charge >= 0.3 is 6.18 Å². The molecule has 0 bridgehead atoms. The first-order valence-electron chi connectivity index (χ1n) is 4.89. The molecule has 1 nitrogen and oxygen atoms in total. The van der Waals surface area contributed by atoms with Crippen molar-refractivity contribution in [1.29, 1.82) is 0 Å². The molecule has 6 heteroatoms. The summed E-state index contributed by atoms with van der Waals surface area (Å²) in [5, 5.41) is -0.0325. The van der Waals surface area contributed by atoms with Gasteiger partial charge in [-0.1, -0.05) is 10.5 Å². The standard InChI is InChI=1S/C11H12F5N/c1-10(2,12)7-17(16)9-5-3-4-8(6-9)11(13,14)15/h3-6H,7H2,1-2H3. The average Bonchev–Trinajstić information content (AvgIpc) is 2.14. The van der Waals surface area contributed by atoms with Crippen LogP contribution in [-0.2, 0) is 6.18 Å². The fourth-order valence-electron chi connectivity index (χ4n) is 1.25. The summed E-state index contributed by atoms with van der Waals surface area (Å²) >= 11 is 0. The minimum atomic E-state index is -4.54.